The zero-order chi connectivity index (χ0) is 48.6. The van der Waals surface area contributed by atoms with E-state index in [1.165, 1.54) is 108 Å². The predicted molar refractivity (Wildman–Crippen MR) is 298 cm³/mol. The van der Waals surface area contributed by atoms with E-state index in [0.29, 0.717) is 0 Å². The molecule has 350 valence electrons. The maximum absolute atomic E-state index is 2.83. The average molecular weight is 906 g/mol. The molecule has 2 unspecified atom stereocenters. The second kappa shape index (κ2) is 15.5. The highest BCUT2D eigenvalue weighted by Gasteiger charge is 2.61. The van der Waals surface area contributed by atoms with E-state index >= 15 is 0 Å². The van der Waals surface area contributed by atoms with E-state index in [9.17, 15) is 0 Å². The Balaban J connectivity index is 1.24. The van der Waals surface area contributed by atoms with E-state index in [1.54, 1.807) is 0 Å². The Morgan fingerprint density at radius 2 is 0.884 bits per heavy atom. The third-order valence-electron chi connectivity index (χ3n) is 16.8. The highest BCUT2D eigenvalue weighted by molar-refractivity contribution is 7.00. The number of nitrogens with zero attached hydrogens (tertiary/aromatic N) is 3. The summed E-state index contributed by atoms with van der Waals surface area (Å²) >= 11 is 0. The van der Waals surface area contributed by atoms with E-state index in [2.05, 4.69) is 256 Å². The summed E-state index contributed by atoms with van der Waals surface area (Å²) in [6.07, 6.45) is 4.58. The first-order chi connectivity index (χ1) is 32.6. The number of anilines is 8. The Labute approximate surface area is 414 Å². The maximum Gasteiger partial charge on any atom is 0.252 e. The van der Waals surface area contributed by atoms with Gasteiger partial charge in [0, 0.05) is 50.9 Å². The van der Waals surface area contributed by atoms with Gasteiger partial charge < -0.3 is 14.7 Å². The topological polar surface area (TPSA) is 9.72 Å². The lowest BCUT2D eigenvalue weighted by Crippen LogP contribution is -2.61. The molecule has 69 heavy (non-hydrogen) atoms. The second-order valence-corrected chi connectivity index (χ2v) is 25.2. The fourth-order valence-corrected chi connectivity index (χ4v) is 12.9. The van der Waals surface area contributed by atoms with Crippen LogP contribution in [0.3, 0.4) is 0 Å². The van der Waals surface area contributed by atoms with Crippen molar-refractivity contribution in [3.8, 4) is 0 Å². The summed E-state index contributed by atoms with van der Waals surface area (Å²) in [5.74, 6) is 0. The molecule has 0 N–H and O–H groups in total. The fraction of sp³-hybridized carbons (Fsp3) is 0.354. The lowest BCUT2D eigenvalue weighted by atomic mass is 9.33. The smallest absolute Gasteiger partial charge is 0.252 e. The zero-order valence-electron chi connectivity index (χ0n) is 43.7. The summed E-state index contributed by atoms with van der Waals surface area (Å²) in [5.41, 5.74) is 22.0. The van der Waals surface area contributed by atoms with E-state index in [-0.39, 0.29) is 39.3 Å². The third kappa shape index (κ3) is 6.97. The minimum atomic E-state index is -0.259. The van der Waals surface area contributed by atoms with Crippen LogP contribution in [0.2, 0.25) is 0 Å². The van der Waals surface area contributed by atoms with Crippen LogP contribution >= 0.6 is 0 Å². The molecule has 0 aromatic heterocycles. The normalized spacial score (nSPS) is 19.7. The predicted octanol–water partition coefficient (Wildman–Crippen LogP) is 15.7. The quantitative estimate of drug-likeness (QED) is 0.163. The molecule has 0 saturated heterocycles. The molecule has 1 aliphatic carbocycles. The van der Waals surface area contributed by atoms with E-state index in [1.807, 2.05) is 0 Å². The molecule has 3 aliphatic heterocycles. The standard InChI is InChI=1S/C65H72BN3/c1-60(2,3)43-25-27-45(28-26-43)65-38-20-19-37-64(65,13)69(54-35-31-46(39-51(54)65)62(7,8)9)50-41-57-59-58(42-50)68(49-33-29-44(30-34-49)61(4,5)6)56-36-32-47(63(10,11)12)40-53(56)66(59)52-23-17-18-24-55(52)67(57)48-21-15-14-16-22-48/h14-18,21-36,39-42H,19-20,37-38H2,1-13H3. The van der Waals surface area contributed by atoms with Crippen molar-refractivity contribution in [3.63, 3.8) is 0 Å². The van der Waals surface area contributed by atoms with Gasteiger partial charge in [0.15, 0.2) is 0 Å². The fourth-order valence-electron chi connectivity index (χ4n) is 12.9. The monoisotopic (exact) mass is 906 g/mol. The Morgan fingerprint density at radius 1 is 0.406 bits per heavy atom. The molecule has 2 atom stereocenters. The van der Waals surface area contributed by atoms with Crippen molar-refractivity contribution in [1.82, 2.24) is 0 Å². The van der Waals surface area contributed by atoms with Crippen LogP contribution in [-0.2, 0) is 27.1 Å². The molecule has 0 bridgehead atoms. The summed E-state index contributed by atoms with van der Waals surface area (Å²) in [4.78, 5) is 8.03. The lowest BCUT2D eigenvalue weighted by Gasteiger charge is -2.53. The van der Waals surface area contributed by atoms with Crippen LogP contribution in [0.25, 0.3) is 0 Å². The highest BCUT2D eigenvalue weighted by Crippen LogP contribution is 2.65. The van der Waals surface area contributed by atoms with Crippen LogP contribution in [0.5, 0.6) is 0 Å². The summed E-state index contributed by atoms with van der Waals surface area (Å²) in [6, 6.07) is 59.8. The Morgan fingerprint density at radius 3 is 1.48 bits per heavy atom. The minimum absolute atomic E-state index is 0.00264. The first-order valence-corrected chi connectivity index (χ1v) is 25.8. The number of hydrogen-bond acceptors (Lipinski definition) is 3. The minimum Gasteiger partial charge on any atom is -0.334 e. The van der Waals surface area contributed by atoms with Crippen LogP contribution in [0.1, 0.15) is 149 Å². The van der Waals surface area contributed by atoms with Gasteiger partial charge in [-0.15, -0.1) is 0 Å². The molecule has 7 aromatic carbocycles. The average Bonchev–Trinajstić information content (AvgIpc) is 3.55. The Kier molecular flexibility index (Phi) is 10.2. The summed E-state index contributed by atoms with van der Waals surface area (Å²) < 4.78 is 0. The van der Waals surface area contributed by atoms with Crippen LogP contribution < -0.4 is 31.1 Å². The molecule has 3 heterocycles. The Bertz CT molecular complexity index is 3120. The summed E-state index contributed by atoms with van der Waals surface area (Å²) in [7, 11) is 0. The van der Waals surface area contributed by atoms with Crippen LogP contribution in [0, 0.1) is 0 Å². The van der Waals surface area contributed by atoms with Crippen LogP contribution in [0.15, 0.2) is 152 Å². The number of rotatable bonds is 4. The van der Waals surface area contributed by atoms with Gasteiger partial charge in [-0.25, -0.2) is 0 Å². The molecule has 4 heteroatoms. The van der Waals surface area contributed by atoms with Gasteiger partial charge >= 0.3 is 0 Å². The molecular weight excluding hydrogens is 834 g/mol. The van der Waals surface area contributed by atoms with Crippen molar-refractivity contribution in [2.24, 2.45) is 0 Å². The molecule has 0 radical (unpaired) electrons. The highest BCUT2D eigenvalue weighted by atomic mass is 15.3. The molecule has 1 saturated carbocycles. The van der Waals surface area contributed by atoms with Gasteiger partial charge in [-0.05, 0) is 146 Å². The van der Waals surface area contributed by atoms with Crippen molar-refractivity contribution in [2.75, 3.05) is 14.7 Å². The van der Waals surface area contributed by atoms with Gasteiger partial charge in [-0.2, -0.15) is 0 Å². The van der Waals surface area contributed by atoms with Gasteiger partial charge in [-0.3, -0.25) is 0 Å². The van der Waals surface area contributed by atoms with Crippen molar-refractivity contribution < 1.29 is 0 Å². The van der Waals surface area contributed by atoms with E-state index in [0.717, 1.165) is 12.8 Å². The molecular formula is C65H72BN3. The number of benzene rings is 7. The Hall–Kier alpha value is -6.00. The maximum atomic E-state index is 2.83. The van der Waals surface area contributed by atoms with Gasteiger partial charge in [0.05, 0.1) is 5.54 Å². The molecule has 11 rings (SSSR count). The van der Waals surface area contributed by atoms with Crippen LogP contribution in [0.4, 0.5) is 45.5 Å². The third-order valence-corrected chi connectivity index (χ3v) is 16.8. The lowest BCUT2D eigenvalue weighted by molar-refractivity contribution is 0.215. The zero-order valence-corrected chi connectivity index (χ0v) is 43.7. The van der Waals surface area contributed by atoms with Crippen molar-refractivity contribution in [3.05, 3.63) is 185 Å². The molecule has 0 spiro atoms. The van der Waals surface area contributed by atoms with Gasteiger partial charge in [-0.1, -0.05) is 193 Å². The van der Waals surface area contributed by atoms with Crippen molar-refractivity contribution in [1.29, 1.82) is 0 Å². The van der Waals surface area contributed by atoms with E-state index in [4.69, 9.17) is 0 Å². The number of para-hydroxylation sites is 2. The molecule has 0 amide bonds. The van der Waals surface area contributed by atoms with Gasteiger partial charge in [0.1, 0.15) is 0 Å². The summed E-state index contributed by atoms with van der Waals surface area (Å²) in [6.45, 7) is 30.8. The molecule has 7 aromatic rings. The van der Waals surface area contributed by atoms with Gasteiger partial charge in [0.25, 0.3) is 6.71 Å². The SMILES string of the molecule is CC(C)(C)c1ccc(N2c3ccc(C(C)(C)C)cc3B3c4ccccc4N(c4ccccc4)c4cc(N5c6ccc(C(C)(C)C)cc6C6(c7ccc(C(C)(C)C)cc7)CCCCC56C)cc2c43)cc1. The molecule has 4 aliphatic rings. The molecule has 3 nitrogen and oxygen atoms in total. The summed E-state index contributed by atoms with van der Waals surface area (Å²) in [5, 5.41) is 0. The van der Waals surface area contributed by atoms with E-state index < -0.39 is 0 Å². The number of fused-ring (bicyclic) bond motifs is 7. The first kappa shape index (κ1) is 45.4. The van der Waals surface area contributed by atoms with Crippen molar-refractivity contribution >= 4 is 68.6 Å². The van der Waals surface area contributed by atoms with Gasteiger partial charge in [0.2, 0.25) is 0 Å². The second-order valence-electron chi connectivity index (χ2n) is 25.2. The van der Waals surface area contributed by atoms with Crippen LogP contribution in [-0.4, -0.2) is 12.3 Å². The first-order valence-electron chi connectivity index (χ1n) is 25.8. The number of hydrogen-bond donors (Lipinski definition) is 0. The molecule has 1 fully saturated rings. The largest absolute Gasteiger partial charge is 0.334 e. The van der Waals surface area contributed by atoms with Crippen molar-refractivity contribution in [2.45, 2.75) is 148 Å².